The minimum Gasteiger partial charge on any atom is -0.495 e. The zero-order valence-corrected chi connectivity index (χ0v) is 10.2. The van der Waals surface area contributed by atoms with Gasteiger partial charge in [-0.2, -0.15) is 8.42 Å². The summed E-state index contributed by atoms with van der Waals surface area (Å²) in [6.45, 7) is 0. The molecule has 0 amide bonds. The van der Waals surface area contributed by atoms with Crippen LogP contribution in [-0.4, -0.2) is 28.5 Å². The first-order chi connectivity index (χ1) is 7.57. The average Bonchev–Trinajstić information content (AvgIpc) is 2.13. The molecule has 0 heterocycles. The maximum atomic E-state index is 11.2. The highest BCUT2D eigenvalue weighted by atomic mass is 32.2. The Hall–Kier alpha value is -1.36. The number of anilines is 1. The molecule has 0 fully saturated rings. The van der Waals surface area contributed by atoms with Gasteiger partial charge in [-0.05, 0) is 6.07 Å². The molecule has 0 atom stereocenters. The van der Waals surface area contributed by atoms with Crippen LogP contribution in [0.4, 0.5) is 5.69 Å². The van der Waals surface area contributed by atoms with E-state index in [0.717, 1.165) is 13.2 Å². The van der Waals surface area contributed by atoms with Crippen LogP contribution in [0.1, 0.15) is 0 Å². The van der Waals surface area contributed by atoms with Gasteiger partial charge in [0, 0.05) is 6.07 Å². The number of primary sulfonamides is 1. The fourth-order valence-electron chi connectivity index (χ4n) is 1.16. The Morgan fingerprint density at radius 3 is 2.06 bits per heavy atom. The lowest BCUT2D eigenvalue weighted by molar-refractivity contribution is 0.402. The van der Waals surface area contributed by atoms with Crippen LogP contribution in [0.15, 0.2) is 21.9 Å². The highest BCUT2D eigenvalue weighted by molar-refractivity contribution is 7.89. The van der Waals surface area contributed by atoms with Gasteiger partial charge in [0.2, 0.25) is 10.0 Å². The second kappa shape index (κ2) is 4.14. The van der Waals surface area contributed by atoms with Crippen molar-refractivity contribution in [3.8, 4) is 5.75 Å². The van der Waals surface area contributed by atoms with Crippen molar-refractivity contribution in [3.63, 3.8) is 0 Å². The van der Waals surface area contributed by atoms with Gasteiger partial charge in [-0.1, -0.05) is 0 Å². The number of rotatable bonds is 3. The van der Waals surface area contributed by atoms with E-state index in [1.54, 1.807) is 0 Å². The molecule has 96 valence electrons. The summed E-state index contributed by atoms with van der Waals surface area (Å²) in [4.78, 5) is -1.33. The molecule has 0 aliphatic heterocycles. The topological polar surface area (TPSA) is 150 Å². The van der Waals surface area contributed by atoms with Gasteiger partial charge < -0.3 is 10.5 Å². The summed E-state index contributed by atoms with van der Waals surface area (Å²) in [5.41, 5.74) is 4.99. The van der Waals surface area contributed by atoms with E-state index in [2.05, 4.69) is 0 Å². The van der Waals surface area contributed by atoms with Crippen LogP contribution in [0.5, 0.6) is 5.75 Å². The van der Waals surface area contributed by atoms with Crippen molar-refractivity contribution in [3.05, 3.63) is 12.1 Å². The lowest BCUT2D eigenvalue weighted by Crippen LogP contribution is -2.15. The molecule has 1 rings (SSSR count). The summed E-state index contributed by atoms with van der Waals surface area (Å²) in [7, 11) is -7.68. The minimum atomic E-state index is -4.64. The van der Waals surface area contributed by atoms with Crippen molar-refractivity contribution < 1.29 is 26.1 Å². The molecular weight excluding hydrogens is 272 g/mol. The first kappa shape index (κ1) is 13.7. The number of hydrogen-bond acceptors (Lipinski definition) is 6. The maximum Gasteiger partial charge on any atom is 0.296 e. The monoisotopic (exact) mass is 282 g/mol. The van der Waals surface area contributed by atoms with E-state index >= 15 is 0 Å². The van der Waals surface area contributed by atoms with E-state index < -0.39 is 29.9 Å². The second-order valence-electron chi connectivity index (χ2n) is 3.06. The molecule has 0 radical (unpaired) electrons. The molecule has 0 aliphatic carbocycles. The van der Waals surface area contributed by atoms with Crippen molar-refractivity contribution in [2.75, 3.05) is 12.8 Å². The number of methoxy groups -OCH3 is 1. The first-order valence-electron chi connectivity index (χ1n) is 4.05. The zero-order valence-electron chi connectivity index (χ0n) is 8.61. The average molecular weight is 282 g/mol. The van der Waals surface area contributed by atoms with Crippen molar-refractivity contribution >= 4 is 25.8 Å². The molecule has 0 bridgehead atoms. The molecular formula is C7H10N2O6S2. The molecule has 0 aromatic heterocycles. The van der Waals surface area contributed by atoms with Crippen LogP contribution >= 0.6 is 0 Å². The van der Waals surface area contributed by atoms with Crippen LogP contribution in [0.2, 0.25) is 0 Å². The fourth-order valence-corrected chi connectivity index (χ4v) is 2.57. The van der Waals surface area contributed by atoms with Crippen molar-refractivity contribution in [1.29, 1.82) is 0 Å². The molecule has 8 nitrogen and oxygen atoms in total. The third-order valence-electron chi connectivity index (χ3n) is 1.88. The Bertz CT molecular complexity index is 649. The van der Waals surface area contributed by atoms with Gasteiger partial charge in [-0.25, -0.2) is 13.6 Å². The van der Waals surface area contributed by atoms with Crippen LogP contribution in [-0.2, 0) is 20.1 Å². The third kappa shape index (κ3) is 2.85. The Kier molecular flexibility index (Phi) is 3.34. The highest BCUT2D eigenvalue weighted by Gasteiger charge is 2.23. The summed E-state index contributed by atoms with van der Waals surface area (Å²) in [6.07, 6.45) is 0. The summed E-state index contributed by atoms with van der Waals surface area (Å²) in [5.74, 6) is -0.211. The standard InChI is InChI=1S/C7H10N2O6S2/c1-15-5-2-4(8)6(17(12,13)14)3-7(5)16(9,10)11/h2-3H,8H2,1H3,(H2,9,10,11)(H,12,13,14). The van der Waals surface area contributed by atoms with E-state index in [1.807, 2.05) is 0 Å². The summed E-state index contributed by atoms with van der Waals surface area (Å²) >= 11 is 0. The number of hydrogen-bond donors (Lipinski definition) is 3. The molecule has 0 saturated carbocycles. The van der Waals surface area contributed by atoms with Gasteiger partial charge in [-0.3, -0.25) is 4.55 Å². The Morgan fingerprint density at radius 1 is 1.18 bits per heavy atom. The van der Waals surface area contributed by atoms with E-state index in [9.17, 15) is 16.8 Å². The number of nitrogens with two attached hydrogens (primary N) is 2. The maximum absolute atomic E-state index is 11.2. The minimum absolute atomic E-state index is 0.211. The van der Waals surface area contributed by atoms with Gasteiger partial charge in [-0.15, -0.1) is 0 Å². The van der Waals surface area contributed by atoms with Crippen LogP contribution < -0.4 is 15.6 Å². The number of benzene rings is 1. The Labute approximate surface area is 98.0 Å². The molecule has 0 unspecified atom stereocenters. The molecule has 10 heteroatoms. The number of nitrogen functional groups attached to an aromatic ring is 1. The lowest BCUT2D eigenvalue weighted by Gasteiger charge is -2.10. The zero-order chi connectivity index (χ0) is 13.4. The van der Waals surface area contributed by atoms with Crippen LogP contribution in [0.25, 0.3) is 0 Å². The molecule has 17 heavy (non-hydrogen) atoms. The smallest absolute Gasteiger partial charge is 0.296 e. The molecule has 1 aromatic rings. The summed E-state index contributed by atoms with van der Waals surface area (Å²) < 4.78 is 57.8. The van der Waals surface area contributed by atoms with E-state index in [0.29, 0.717) is 6.07 Å². The number of sulfonamides is 1. The van der Waals surface area contributed by atoms with Gasteiger partial charge in [0.1, 0.15) is 15.5 Å². The molecule has 0 spiro atoms. The molecule has 0 saturated heterocycles. The second-order valence-corrected chi connectivity index (χ2v) is 5.98. The highest BCUT2D eigenvalue weighted by Crippen LogP contribution is 2.30. The van der Waals surface area contributed by atoms with Gasteiger partial charge in [0.05, 0.1) is 12.8 Å². The van der Waals surface area contributed by atoms with E-state index in [4.69, 9.17) is 20.2 Å². The van der Waals surface area contributed by atoms with Gasteiger partial charge >= 0.3 is 0 Å². The number of ether oxygens (including phenoxy) is 1. The molecule has 0 aliphatic rings. The summed E-state index contributed by atoms with van der Waals surface area (Å²) in [5, 5.41) is 4.87. The van der Waals surface area contributed by atoms with Crippen LogP contribution in [0.3, 0.4) is 0 Å². The third-order valence-corrected chi connectivity index (χ3v) is 3.72. The lowest BCUT2D eigenvalue weighted by atomic mass is 10.3. The largest absolute Gasteiger partial charge is 0.495 e. The predicted octanol–water partition coefficient (Wildman–Crippen LogP) is -0.828. The van der Waals surface area contributed by atoms with Gasteiger partial charge in [0.15, 0.2) is 0 Å². The SMILES string of the molecule is COc1cc(N)c(S(=O)(=O)O)cc1S(N)(=O)=O. The van der Waals surface area contributed by atoms with Gasteiger partial charge in [0.25, 0.3) is 10.1 Å². The Morgan fingerprint density at radius 2 is 1.71 bits per heavy atom. The quantitative estimate of drug-likeness (QED) is 0.483. The predicted molar refractivity (Wildman–Crippen MR) is 58.6 cm³/mol. The first-order valence-corrected chi connectivity index (χ1v) is 7.04. The van der Waals surface area contributed by atoms with E-state index in [-0.39, 0.29) is 11.4 Å². The Balaban J connectivity index is 3.73. The van der Waals surface area contributed by atoms with Crippen molar-refractivity contribution in [2.24, 2.45) is 5.14 Å². The van der Waals surface area contributed by atoms with Crippen molar-refractivity contribution in [2.45, 2.75) is 9.79 Å². The fraction of sp³-hybridized carbons (Fsp3) is 0.143. The molecule has 5 N–H and O–H groups in total. The molecule has 1 aromatic carbocycles. The van der Waals surface area contributed by atoms with E-state index in [1.165, 1.54) is 0 Å². The normalized spacial score (nSPS) is 12.4. The summed E-state index contributed by atoms with van der Waals surface area (Å²) in [6, 6.07) is 1.58. The van der Waals surface area contributed by atoms with Crippen LogP contribution in [0, 0.1) is 0 Å². The van der Waals surface area contributed by atoms with Crippen molar-refractivity contribution in [1.82, 2.24) is 0 Å².